The third-order valence-corrected chi connectivity index (χ3v) is 4.33. The molecule has 0 saturated carbocycles. The van der Waals surface area contributed by atoms with Crippen molar-refractivity contribution in [2.45, 2.75) is 12.6 Å². The molecule has 2 aromatic rings. The van der Waals surface area contributed by atoms with E-state index < -0.39 is 17.9 Å². The molecule has 0 aliphatic heterocycles. The van der Waals surface area contributed by atoms with Gasteiger partial charge in [0.15, 0.2) is 6.04 Å². The van der Waals surface area contributed by atoms with Crippen LogP contribution in [-0.4, -0.2) is 31.2 Å². The first-order chi connectivity index (χ1) is 12.9. The molecule has 0 spiro atoms. The van der Waals surface area contributed by atoms with Gasteiger partial charge in [0.2, 0.25) is 0 Å². The maximum absolute atomic E-state index is 12.3. The summed E-state index contributed by atoms with van der Waals surface area (Å²) in [6, 6.07) is 10.2. The molecule has 0 saturated heterocycles. The highest BCUT2D eigenvalue weighted by Gasteiger charge is 2.20. The number of halogens is 3. The highest BCUT2D eigenvalue weighted by molar-refractivity contribution is 6.36. The van der Waals surface area contributed by atoms with Gasteiger partial charge in [-0.2, -0.15) is 0 Å². The van der Waals surface area contributed by atoms with Gasteiger partial charge in [0.1, 0.15) is 6.61 Å². The molecule has 0 heterocycles. The summed E-state index contributed by atoms with van der Waals surface area (Å²) in [5, 5.41) is 7.43. The van der Waals surface area contributed by atoms with E-state index in [2.05, 4.69) is 15.2 Å². The van der Waals surface area contributed by atoms with Crippen LogP contribution in [0.3, 0.4) is 0 Å². The maximum Gasteiger partial charge on any atom is 0.334 e. The molecule has 6 nitrogen and oxygen atoms in total. The number of carbonyl (C=O) groups excluding carboxylic acids is 2. The van der Waals surface area contributed by atoms with Gasteiger partial charge in [-0.05, 0) is 30.3 Å². The van der Waals surface area contributed by atoms with Crippen molar-refractivity contribution < 1.29 is 19.2 Å². The lowest BCUT2D eigenvalue weighted by molar-refractivity contribution is -0.140. The van der Waals surface area contributed by atoms with Crippen LogP contribution in [0.5, 0.6) is 0 Å². The van der Waals surface area contributed by atoms with Gasteiger partial charge < -0.3 is 14.9 Å². The lowest BCUT2D eigenvalue weighted by Crippen LogP contribution is -2.42. The molecule has 1 N–H and O–H groups in total. The smallest absolute Gasteiger partial charge is 0.334 e. The van der Waals surface area contributed by atoms with E-state index in [1.54, 1.807) is 36.4 Å². The van der Waals surface area contributed by atoms with E-state index >= 15 is 0 Å². The molecule has 0 aromatic heterocycles. The van der Waals surface area contributed by atoms with Crippen LogP contribution in [0.4, 0.5) is 0 Å². The van der Waals surface area contributed by atoms with Gasteiger partial charge in [-0.25, -0.2) is 4.79 Å². The first kappa shape index (κ1) is 21.0. The zero-order valence-electron chi connectivity index (χ0n) is 14.1. The molecule has 1 amide bonds. The largest absolute Gasteiger partial charge is 0.467 e. The van der Waals surface area contributed by atoms with E-state index in [0.29, 0.717) is 20.6 Å². The summed E-state index contributed by atoms with van der Waals surface area (Å²) >= 11 is 17.9. The molecule has 0 radical (unpaired) electrons. The third kappa shape index (κ3) is 6.13. The van der Waals surface area contributed by atoms with Crippen LogP contribution >= 0.6 is 34.8 Å². The number of oxime groups is 1. The second-order valence-corrected chi connectivity index (χ2v) is 6.46. The van der Waals surface area contributed by atoms with Crippen molar-refractivity contribution in [2.75, 3.05) is 7.11 Å². The molecule has 0 aliphatic rings. The number of methoxy groups -OCH3 is 1. The quantitative estimate of drug-likeness (QED) is 0.408. The number of hydrogen-bond acceptors (Lipinski definition) is 5. The zero-order valence-corrected chi connectivity index (χ0v) is 16.4. The predicted molar refractivity (Wildman–Crippen MR) is 104 cm³/mol. The van der Waals surface area contributed by atoms with Gasteiger partial charge in [-0.1, -0.05) is 52.1 Å². The highest BCUT2D eigenvalue weighted by atomic mass is 35.5. The van der Waals surface area contributed by atoms with Gasteiger partial charge in [0, 0.05) is 26.2 Å². The Labute approximate surface area is 171 Å². The number of esters is 1. The second-order valence-electron chi connectivity index (χ2n) is 5.21. The van der Waals surface area contributed by atoms with Crippen molar-refractivity contribution in [3.63, 3.8) is 0 Å². The molecule has 2 rings (SSSR count). The number of nitrogens with zero attached hydrogens (tertiary/aromatic N) is 1. The van der Waals surface area contributed by atoms with Crippen LogP contribution in [0.25, 0.3) is 0 Å². The summed E-state index contributed by atoms with van der Waals surface area (Å²) in [6.07, 6.45) is 1.11. The Hall–Kier alpha value is -2.28. The lowest BCUT2D eigenvalue weighted by atomic mass is 10.2. The molecule has 142 valence electrons. The van der Waals surface area contributed by atoms with Gasteiger partial charge in [-0.3, -0.25) is 4.79 Å². The highest BCUT2D eigenvalue weighted by Crippen LogP contribution is 2.24. The number of benzene rings is 2. The fraction of sp³-hybridized carbons (Fsp3) is 0.167. The fourth-order valence-corrected chi connectivity index (χ4v) is 2.71. The van der Waals surface area contributed by atoms with Crippen LogP contribution in [-0.2, 0) is 21.0 Å². The molecule has 1 unspecified atom stereocenters. The van der Waals surface area contributed by atoms with Crippen LogP contribution in [0, 0.1) is 0 Å². The van der Waals surface area contributed by atoms with Crippen molar-refractivity contribution in [1.29, 1.82) is 0 Å². The van der Waals surface area contributed by atoms with E-state index in [-0.39, 0.29) is 12.2 Å². The predicted octanol–water partition coefficient (Wildman–Crippen LogP) is 4.12. The zero-order chi connectivity index (χ0) is 19.8. The lowest BCUT2D eigenvalue weighted by Gasteiger charge is -2.12. The third-order valence-electron chi connectivity index (χ3n) is 3.38. The number of nitrogens with one attached hydrogen (secondary N) is 1. The minimum Gasteiger partial charge on any atom is -0.467 e. The van der Waals surface area contributed by atoms with Crippen LogP contribution < -0.4 is 5.32 Å². The summed E-state index contributed by atoms with van der Waals surface area (Å²) in [6.45, 7) is -0.00879. The molecule has 0 bridgehead atoms. The molecule has 1 atom stereocenters. The number of ether oxygens (including phenoxy) is 1. The standard InChI is InChI=1S/C18H15Cl3N2O4/c1-26-18(25)16(23-17(24)11-4-2-5-12(19)8-11)9-22-27-10-13-14(20)6-3-7-15(13)21/h2-9,16H,10H2,1H3,(H,23,24)/b22-9+. The topological polar surface area (TPSA) is 77.0 Å². The number of carbonyl (C=O) groups is 2. The van der Waals surface area contributed by atoms with Gasteiger partial charge in [0.05, 0.1) is 13.3 Å². The van der Waals surface area contributed by atoms with Crippen molar-refractivity contribution in [3.05, 3.63) is 68.7 Å². The van der Waals surface area contributed by atoms with Crippen LogP contribution in [0.15, 0.2) is 47.6 Å². The van der Waals surface area contributed by atoms with E-state index in [4.69, 9.17) is 39.6 Å². The average Bonchev–Trinajstić information content (AvgIpc) is 2.65. The van der Waals surface area contributed by atoms with Crippen molar-refractivity contribution in [1.82, 2.24) is 5.32 Å². The molecule has 0 fully saturated rings. The van der Waals surface area contributed by atoms with Gasteiger partial charge in [-0.15, -0.1) is 0 Å². The monoisotopic (exact) mass is 428 g/mol. The minimum atomic E-state index is -1.15. The van der Waals surface area contributed by atoms with Gasteiger partial charge in [0.25, 0.3) is 5.91 Å². The second kappa shape index (κ2) is 10.2. The first-order valence-corrected chi connectivity index (χ1v) is 8.78. The van der Waals surface area contributed by atoms with Crippen molar-refractivity contribution >= 4 is 52.9 Å². The number of amides is 1. The molecule has 9 heteroatoms. The Morgan fingerprint density at radius 2 is 1.81 bits per heavy atom. The van der Waals surface area contributed by atoms with E-state index in [1.807, 2.05) is 0 Å². The summed E-state index contributed by atoms with van der Waals surface area (Å²) < 4.78 is 4.66. The maximum atomic E-state index is 12.3. The van der Waals surface area contributed by atoms with E-state index in [9.17, 15) is 9.59 Å². The number of rotatable bonds is 7. The Morgan fingerprint density at radius 1 is 1.15 bits per heavy atom. The van der Waals surface area contributed by atoms with Crippen LogP contribution in [0.1, 0.15) is 15.9 Å². The van der Waals surface area contributed by atoms with E-state index in [1.165, 1.54) is 13.2 Å². The van der Waals surface area contributed by atoms with Crippen LogP contribution in [0.2, 0.25) is 15.1 Å². The molecular weight excluding hydrogens is 415 g/mol. The Morgan fingerprint density at radius 3 is 2.44 bits per heavy atom. The Kier molecular flexibility index (Phi) is 7.91. The average molecular weight is 430 g/mol. The summed E-state index contributed by atoms with van der Waals surface area (Å²) in [5.74, 6) is -1.23. The molecule has 2 aromatic carbocycles. The molecular formula is C18H15Cl3N2O4. The Balaban J connectivity index is 2.02. The molecule has 27 heavy (non-hydrogen) atoms. The fourth-order valence-electron chi connectivity index (χ4n) is 2.01. The van der Waals surface area contributed by atoms with E-state index in [0.717, 1.165) is 6.21 Å². The number of hydrogen-bond donors (Lipinski definition) is 1. The van der Waals surface area contributed by atoms with Crippen molar-refractivity contribution in [3.8, 4) is 0 Å². The normalized spacial score (nSPS) is 11.9. The minimum absolute atomic E-state index is 0.00879. The Bertz CT molecular complexity index is 838. The van der Waals surface area contributed by atoms with Gasteiger partial charge >= 0.3 is 5.97 Å². The van der Waals surface area contributed by atoms with Crippen molar-refractivity contribution in [2.24, 2.45) is 5.16 Å². The summed E-state index contributed by atoms with van der Waals surface area (Å²) in [5.41, 5.74) is 0.837. The summed E-state index contributed by atoms with van der Waals surface area (Å²) in [4.78, 5) is 29.3. The molecule has 0 aliphatic carbocycles. The first-order valence-electron chi connectivity index (χ1n) is 7.65. The summed E-state index contributed by atoms with van der Waals surface area (Å²) in [7, 11) is 1.19. The SMILES string of the molecule is COC(=O)C(/C=N/OCc1c(Cl)cccc1Cl)NC(=O)c1cccc(Cl)c1.